The second-order valence-corrected chi connectivity index (χ2v) is 7.31. The van der Waals surface area contributed by atoms with Gasteiger partial charge in [0.15, 0.2) is 5.78 Å². The van der Waals surface area contributed by atoms with E-state index in [0.29, 0.717) is 17.0 Å². The molecule has 0 saturated carbocycles. The van der Waals surface area contributed by atoms with E-state index >= 15 is 0 Å². The fraction of sp³-hybridized carbons (Fsp3) is 0.235. The fourth-order valence-corrected chi connectivity index (χ4v) is 4.27. The van der Waals surface area contributed by atoms with E-state index in [-0.39, 0.29) is 23.6 Å². The summed E-state index contributed by atoms with van der Waals surface area (Å²) in [5.74, 6) is 0.459. The molecule has 0 aliphatic carbocycles. The number of hydrogen-bond acceptors (Lipinski definition) is 4. The lowest BCUT2D eigenvalue weighted by atomic mass is 10.0. The largest absolute Gasteiger partial charge is 0.497 e. The lowest BCUT2D eigenvalue weighted by Gasteiger charge is -2.30. The zero-order valence-electron chi connectivity index (χ0n) is 12.9. The Morgan fingerprint density at radius 3 is 2.61 bits per heavy atom. The Hall–Kier alpha value is -2.34. The van der Waals surface area contributed by atoms with Gasteiger partial charge in [-0.3, -0.25) is 9.10 Å². The van der Waals surface area contributed by atoms with Crippen LogP contribution in [0, 0.1) is 6.92 Å². The number of ether oxygens (including phenoxy) is 1. The summed E-state index contributed by atoms with van der Waals surface area (Å²) >= 11 is 0. The summed E-state index contributed by atoms with van der Waals surface area (Å²) in [5, 5.41) is 0. The first-order valence-electron chi connectivity index (χ1n) is 7.24. The van der Waals surface area contributed by atoms with Gasteiger partial charge < -0.3 is 4.74 Å². The number of fused-ring (bicyclic) bond motifs is 1. The van der Waals surface area contributed by atoms with Crippen LogP contribution in [0.1, 0.15) is 22.3 Å². The number of methoxy groups -OCH3 is 1. The molecule has 0 amide bonds. The highest BCUT2D eigenvalue weighted by atomic mass is 32.2. The number of sulfonamides is 1. The van der Waals surface area contributed by atoms with Crippen molar-refractivity contribution in [2.75, 3.05) is 18.0 Å². The van der Waals surface area contributed by atoms with E-state index in [2.05, 4.69) is 0 Å². The molecule has 1 heterocycles. The van der Waals surface area contributed by atoms with E-state index in [1.807, 2.05) is 13.0 Å². The van der Waals surface area contributed by atoms with Gasteiger partial charge in [-0.1, -0.05) is 12.1 Å². The number of anilines is 1. The first-order valence-corrected chi connectivity index (χ1v) is 8.68. The van der Waals surface area contributed by atoms with Gasteiger partial charge in [-0.05, 0) is 36.8 Å². The maximum absolute atomic E-state index is 13.0. The molecule has 0 atom stereocenters. The maximum Gasteiger partial charge on any atom is 0.264 e. The molecule has 0 bridgehead atoms. The molecule has 0 saturated heterocycles. The van der Waals surface area contributed by atoms with E-state index in [4.69, 9.17) is 4.74 Å². The first-order chi connectivity index (χ1) is 10.9. The Morgan fingerprint density at radius 2 is 1.91 bits per heavy atom. The van der Waals surface area contributed by atoms with Crippen molar-refractivity contribution in [3.05, 3.63) is 53.6 Å². The topological polar surface area (TPSA) is 63.7 Å². The number of Topliss-reactive ketones (excluding diaryl/α,β-unsaturated/α-hetero) is 1. The Balaban J connectivity index is 2.15. The number of hydrogen-bond donors (Lipinski definition) is 0. The lowest BCUT2D eigenvalue weighted by molar-refractivity contribution is 0.0982. The van der Waals surface area contributed by atoms with Gasteiger partial charge in [-0.25, -0.2) is 8.42 Å². The molecular weight excluding hydrogens is 314 g/mol. The zero-order chi connectivity index (χ0) is 16.6. The number of ketones is 1. The highest BCUT2D eigenvalue weighted by Crippen LogP contribution is 2.34. The fourth-order valence-electron chi connectivity index (χ4n) is 2.69. The average Bonchev–Trinajstić information content (AvgIpc) is 2.54. The van der Waals surface area contributed by atoms with E-state index in [9.17, 15) is 13.2 Å². The molecular formula is C17H17NO4S. The highest BCUT2D eigenvalue weighted by Gasteiger charge is 2.32. The number of nitrogens with zero attached hydrogens (tertiary/aromatic N) is 1. The summed E-state index contributed by atoms with van der Waals surface area (Å²) in [4.78, 5) is 12.3. The average molecular weight is 331 g/mol. The Bertz CT molecular complexity index is 874. The lowest BCUT2D eigenvalue weighted by Crippen LogP contribution is -2.37. The normalized spacial score (nSPS) is 14.5. The number of carbonyl (C=O) groups is 1. The monoisotopic (exact) mass is 331 g/mol. The van der Waals surface area contributed by atoms with Crippen molar-refractivity contribution >= 4 is 21.5 Å². The highest BCUT2D eigenvalue weighted by molar-refractivity contribution is 7.92. The van der Waals surface area contributed by atoms with Gasteiger partial charge in [0.2, 0.25) is 0 Å². The van der Waals surface area contributed by atoms with Crippen molar-refractivity contribution in [3.8, 4) is 5.75 Å². The van der Waals surface area contributed by atoms with Crippen molar-refractivity contribution in [2.24, 2.45) is 0 Å². The van der Waals surface area contributed by atoms with Gasteiger partial charge in [0.05, 0.1) is 17.7 Å². The van der Waals surface area contributed by atoms with Crippen molar-refractivity contribution in [1.82, 2.24) is 0 Å². The van der Waals surface area contributed by atoms with Crippen LogP contribution in [0.5, 0.6) is 5.75 Å². The predicted octanol–water partition coefficient (Wildman–Crippen LogP) is 2.79. The van der Waals surface area contributed by atoms with E-state index in [1.54, 1.807) is 36.4 Å². The molecule has 3 rings (SSSR count). The third-order valence-corrected chi connectivity index (χ3v) is 5.70. The molecule has 2 aromatic carbocycles. The second kappa shape index (κ2) is 5.70. The summed E-state index contributed by atoms with van der Waals surface area (Å²) in [7, 11) is -2.22. The Labute approximate surface area is 135 Å². The van der Waals surface area contributed by atoms with Gasteiger partial charge in [0.1, 0.15) is 5.75 Å². The summed E-state index contributed by atoms with van der Waals surface area (Å²) in [6.45, 7) is 1.98. The molecule has 0 N–H and O–H groups in total. The quantitative estimate of drug-likeness (QED) is 0.867. The predicted molar refractivity (Wildman–Crippen MR) is 87.7 cm³/mol. The van der Waals surface area contributed by atoms with Gasteiger partial charge in [0.25, 0.3) is 10.0 Å². The molecule has 0 radical (unpaired) electrons. The van der Waals surface area contributed by atoms with Gasteiger partial charge in [-0.2, -0.15) is 0 Å². The van der Waals surface area contributed by atoms with Crippen LogP contribution in [0.15, 0.2) is 47.4 Å². The van der Waals surface area contributed by atoms with Crippen LogP contribution >= 0.6 is 0 Å². The SMILES string of the molecule is COc1ccc2c(c1)N(S(=O)(=O)c1cccc(C)c1)CCC2=O. The van der Waals surface area contributed by atoms with Crippen LogP contribution in [0.3, 0.4) is 0 Å². The third-order valence-electron chi connectivity index (χ3n) is 3.89. The molecule has 1 aliphatic heterocycles. The third kappa shape index (κ3) is 2.70. The van der Waals surface area contributed by atoms with Crippen LogP contribution in [0.2, 0.25) is 0 Å². The molecule has 1 aliphatic rings. The smallest absolute Gasteiger partial charge is 0.264 e. The molecule has 23 heavy (non-hydrogen) atoms. The van der Waals surface area contributed by atoms with Crippen molar-refractivity contribution in [2.45, 2.75) is 18.2 Å². The molecule has 0 spiro atoms. The first kappa shape index (κ1) is 15.6. The van der Waals surface area contributed by atoms with E-state index in [0.717, 1.165) is 5.56 Å². The maximum atomic E-state index is 13.0. The Morgan fingerprint density at radius 1 is 1.13 bits per heavy atom. The number of carbonyl (C=O) groups excluding carboxylic acids is 1. The zero-order valence-corrected chi connectivity index (χ0v) is 13.8. The van der Waals surface area contributed by atoms with Crippen molar-refractivity contribution in [1.29, 1.82) is 0 Å². The molecule has 120 valence electrons. The molecule has 5 nitrogen and oxygen atoms in total. The van der Waals surface area contributed by atoms with Crippen LogP contribution < -0.4 is 9.04 Å². The van der Waals surface area contributed by atoms with Crippen LogP contribution in [0.25, 0.3) is 0 Å². The Kier molecular flexibility index (Phi) is 3.85. The van der Waals surface area contributed by atoms with Gasteiger partial charge in [0, 0.05) is 24.6 Å². The minimum absolute atomic E-state index is 0.0571. The van der Waals surface area contributed by atoms with E-state index in [1.165, 1.54) is 11.4 Å². The van der Waals surface area contributed by atoms with Crippen molar-refractivity contribution < 1.29 is 17.9 Å². The summed E-state index contributed by atoms with van der Waals surface area (Å²) in [6.07, 6.45) is 0.171. The molecule has 6 heteroatoms. The van der Waals surface area contributed by atoms with Gasteiger partial charge in [-0.15, -0.1) is 0 Å². The molecule has 0 fully saturated rings. The van der Waals surface area contributed by atoms with Crippen LogP contribution in [0.4, 0.5) is 5.69 Å². The molecule has 0 aromatic heterocycles. The van der Waals surface area contributed by atoms with E-state index < -0.39 is 10.0 Å². The van der Waals surface area contributed by atoms with Crippen molar-refractivity contribution in [3.63, 3.8) is 0 Å². The van der Waals surface area contributed by atoms with Gasteiger partial charge >= 0.3 is 0 Å². The minimum Gasteiger partial charge on any atom is -0.497 e. The number of benzene rings is 2. The summed E-state index contributed by atoms with van der Waals surface area (Å²) in [5.41, 5.74) is 1.65. The summed E-state index contributed by atoms with van der Waals surface area (Å²) in [6, 6.07) is 11.6. The van der Waals surface area contributed by atoms with Crippen LogP contribution in [-0.2, 0) is 10.0 Å². The summed E-state index contributed by atoms with van der Waals surface area (Å²) < 4.78 is 32.4. The number of aryl methyl sites for hydroxylation is 1. The van der Waals surface area contributed by atoms with Crippen LogP contribution in [-0.4, -0.2) is 27.9 Å². The standard InChI is InChI=1S/C17H17NO4S/c1-12-4-3-5-14(10-12)23(20,21)18-9-8-17(19)15-7-6-13(22-2)11-16(15)18/h3-7,10-11H,8-9H2,1-2H3. The molecule has 2 aromatic rings. The molecule has 0 unspecified atom stereocenters. The minimum atomic E-state index is -3.72. The number of rotatable bonds is 3. The second-order valence-electron chi connectivity index (χ2n) is 5.45.